The minimum atomic E-state index is 0.507. The van der Waals surface area contributed by atoms with Crippen LogP contribution in [-0.4, -0.2) is 9.38 Å². The number of aromatic nitrogens is 2. The van der Waals surface area contributed by atoms with E-state index in [1.165, 1.54) is 11.3 Å². The molecular weight excluding hydrogens is 162 g/mol. The fourth-order valence-electron chi connectivity index (χ4n) is 0.948. The molecule has 0 aromatic carbocycles. The molecule has 5 nitrogen and oxygen atoms in total. The molecule has 5 N–H and O–H groups in total. The summed E-state index contributed by atoms with van der Waals surface area (Å²) in [6, 6.07) is 0. The SMILES string of the molecule is NNc1nc(N)c2sccn12. The third-order valence-electron chi connectivity index (χ3n) is 1.41. The summed E-state index contributed by atoms with van der Waals surface area (Å²) in [6.45, 7) is 0. The zero-order chi connectivity index (χ0) is 7.84. The van der Waals surface area contributed by atoms with Gasteiger partial charge in [-0.1, -0.05) is 0 Å². The molecule has 0 aliphatic carbocycles. The maximum absolute atomic E-state index is 5.58. The van der Waals surface area contributed by atoms with Gasteiger partial charge in [-0.05, 0) is 0 Å². The molecule has 0 spiro atoms. The lowest BCUT2D eigenvalue weighted by Crippen LogP contribution is -2.09. The molecule has 11 heavy (non-hydrogen) atoms. The van der Waals surface area contributed by atoms with E-state index in [1.54, 1.807) is 4.40 Å². The summed E-state index contributed by atoms with van der Waals surface area (Å²) in [7, 11) is 0. The fourth-order valence-corrected chi connectivity index (χ4v) is 1.69. The van der Waals surface area contributed by atoms with Crippen molar-refractivity contribution in [3.63, 3.8) is 0 Å². The maximum Gasteiger partial charge on any atom is 0.224 e. The van der Waals surface area contributed by atoms with Crippen LogP contribution in [0.1, 0.15) is 0 Å². The van der Waals surface area contributed by atoms with Gasteiger partial charge in [-0.2, -0.15) is 4.98 Å². The topological polar surface area (TPSA) is 81.4 Å². The van der Waals surface area contributed by atoms with Crippen molar-refractivity contribution in [3.05, 3.63) is 11.6 Å². The molecule has 6 heteroatoms. The number of imidazole rings is 1. The first-order valence-corrected chi connectivity index (χ1v) is 3.88. The van der Waals surface area contributed by atoms with E-state index in [-0.39, 0.29) is 0 Å². The molecule has 0 fully saturated rings. The van der Waals surface area contributed by atoms with E-state index in [0.717, 1.165) is 4.83 Å². The largest absolute Gasteiger partial charge is 0.381 e. The number of anilines is 2. The maximum atomic E-state index is 5.58. The van der Waals surface area contributed by atoms with Crippen molar-refractivity contribution in [3.8, 4) is 0 Å². The van der Waals surface area contributed by atoms with Gasteiger partial charge >= 0.3 is 0 Å². The molecule has 0 bridgehead atoms. The summed E-state index contributed by atoms with van der Waals surface area (Å²) in [5.41, 5.74) is 8.04. The van der Waals surface area contributed by atoms with Gasteiger partial charge < -0.3 is 5.73 Å². The van der Waals surface area contributed by atoms with E-state index < -0.39 is 0 Å². The van der Waals surface area contributed by atoms with Crippen molar-refractivity contribution in [2.45, 2.75) is 0 Å². The van der Waals surface area contributed by atoms with Gasteiger partial charge in [0.1, 0.15) is 4.83 Å². The van der Waals surface area contributed by atoms with E-state index in [1.807, 2.05) is 11.6 Å². The minimum absolute atomic E-state index is 0.507. The Hall–Kier alpha value is -1.27. The molecule has 2 rings (SSSR count). The summed E-state index contributed by atoms with van der Waals surface area (Å²) in [5, 5.41) is 1.92. The van der Waals surface area contributed by atoms with Crippen molar-refractivity contribution in [1.29, 1.82) is 0 Å². The average Bonchev–Trinajstić information content (AvgIpc) is 2.54. The Kier molecular flexibility index (Phi) is 1.23. The summed E-state index contributed by atoms with van der Waals surface area (Å²) in [5.74, 6) is 6.28. The van der Waals surface area contributed by atoms with Gasteiger partial charge in [0.2, 0.25) is 5.95 Å². The van der Waals surface area contributed by atoms with E-state index in [9.17, 15) is 0 Å². The number of rotatable bonds is 1. The number of hydrazine groups is 1. The minimum Gasteiger partial charge on any atom is -0.381 e. The van der Waals surface area contributed by atoms with Crippen LogP contribution in [0.5, 0.6) is 0 Å². The van der Waals surface area contributed by atoms with Gasteiger partial charge in [-0.25, -0.2) is 5.84 Å². The highest BCUT2D eigenvalue weighted by Crippen LogP contribution is 2.22. The first-order chi connectivity index (χ1) is 5.33. The smallest absolute Gasteiger partial charge is 0.224 e. The standard InChI is InChI=1S/C5H7N5S/c6-3-4-10(1-2-11-4)5(8-3)9-7/h1-2H,6-7H2,(H,8,9). The zero-order valence-corrected chi connectivity index (χ0v) is 6.43. The summed E-state index contributed by atoms with van der Waals surface area (Å²) < 4.78 is 1.81. The molecule has 0 saturated heterocycles. The Balaban J connectivity index is 2.80. The highest BCUT2D eigenvalue weighted by molar-refractivity contribution is 7.16. The molecule has 0 aliphatic rings. The first kappa shape index (κ1) is 6.44. The van der Waals surface area contributed by atoms with Crippen LogP contribution < -0.4 is 17.0 Å². The van der Waals surface area contributed by atoms with Crippen LogP contribution >= 0.6 is 11.3 Å². The van der Waals surface area contributed by atoms with Gasteiger partial charge in [-0.3, -0.25) is 9.83 Å². The highest BCUT2D eigenvalue weighted by Gasteiger charge is 2.06. The van der Waals surface area contributed by atoms with Crippen molar-refractivity contribution in [1.82, 2.24) is 9.38 Å². The number of hydrogen-bond acceptors (Lipinski definition) is 5. The van der Waals surface area contributed by atoms with Crippen molar-refractivity contribution < 1.29 is 0 Å². The average molecular weight is 169 g/mol. The van der Waals surface area contributed by atoms with Gasteiger partial charge in [-0.15, -0.1) is 11.3 Å². The molecule has 0 aliphatic heterocycles. The second kappa shape index (κ2) is 2.11. The van der Waals surface area contributed by atoms with Gasteiger partial charge in [0.25, 0.3) is 0 Å². The molecule has 0 radical (unpaired) electrons. The second-order valence-corrected chi connectivity index (χ2v) is 2.94. The van der Waals surface area contributed by atoms with Crippen LogP contribution in [0.3, 0.4) is 0 Å². The molecule has 0 atom stereocenters. The molecule has 2 heterocycles. The predicted octanol–water partition coefficient (Wildman–Crippen LogP) is 0.264. The van der Waals surface area contributed by atoms with E-state index in [0.29, 0.717) is 11.8 Å². The molecule has 0 saturated carbocycles. The van der Waals surface area contributed by atoms with Crippen molar-refractivity contribution in [2.75, 3.05) is 11.2 Å². The second-order valence-electron chi connectivity index (χ2n) is 2.04. The molecule has 2 aromatic heterocycles. The number of fused-ring (bicyclic) bond motifs is 1. The summed E-state index contributed by atoms with van der Waals surface area (Å²) >= 11 is 1.53. The highest BCUT2D eigenvalue weighted by atomic mass is 32.1. The molecule has 58 valence electrons. The lowest BCUT2D eigenvalue weighted by molar-refractivity contribution is 1.12. The third-order valence-corrected chi connectivity index (χ3v) is 2.30. The van der Waals surface area contributed by atoms with Gasteiger partial charge in [0, 0.05) is 11.6 Å². The van der Waals surface area contributed by atoms with Gasteiger partial charge in [0.15, 0.2) is 5.82 Å². The molecule has 2 aromatic rings. The van der Waals surface area contributed by atoms with Crippen LogP contribution in [-0.2, 0) is 0 Å². The monoisotopic (exact) mass is 169 g/mol. The van der Waals surface area contributed by atoms with E-state index in [4.69, 9.17) is 11.6 Å². The Morgan fingerprint density at radius 1 is 1.64 bits per heavy atom. The van der Waals surface area contributed by atoms with Crippen LogP contribution in [0, 0.1) is 0 Å². The van der Waals surface area contributed by atoms with Crippen LogP contribution in [0.25, 0.3) is 4.83 Å². The molecular formula is C5H7N5S. The Morgan fingerprint density at radius 3 is 3.18 bits per heavy atom. The lowest BCUT2D eigenvalue weighted by Gasteiger charge is -1.91. The van der Waals surface area contributed by atoms with E-state index >= 15 is 0 Å². The van der Waals surface area contributed by atoms with E-state index in [2.05, 4.69) is 10.4 Å². The van der Waals surface area contributed by atoms with Crippen LogP contribution in [0.2, 0.25) is 0 Å². The number of nitrogens with two attached hydrogens (primary N) is 2. The number of nitrogens with zero attached hydrogens (tertiary/aromatic N) is 2. The number of nitrogen functional groups attached to an aromatic ring is 2. The van der Waals surface area contributed by atoms with Crippen molar-refractivity contribution in [2.24, 2.45) is 5.84 Å². The normalized spacial score (nSPS) is 10.6. The third kappa shape index (κ3) is 0.765. The first-order valence-electron chi connectivity index (χ1n) is 3.00. The Morgan fingerprint density at radius 2 is 2.45 bits per heavy atom. The summed E-state index contributed by atoms with van der Waals surface area (Å²) in [4.78, 5) is 4.90. The fraction of sp³-hybridized carbons (Fsp3) is 0. The predicted molar refractivity (Wildman–Crippen MR) is 45.3 cm³/mol. The quantitative estimate of drug-likeness (QED) is 0.422. The Labute approximate surface area is 66.6 Å². The number of thiazole rings is 1. The Bertz CT molecular complexity index is 375. The molecule has 0 unspecified atom stereocenters. The lowest BCUT2D eigenvalue weighted by atomic mass is 10.8. The number of hydrogen-bond donors (Lipinski definition) is 3. The molecule has 0 amide bonds. The zero-order valence-electron chi connectivity index (χ0n) is 5.61. The van der Waals surface area contributed by atoms with Gasteiger partial charge in [0.05, 0.1) is 0 Å². The summed E-state index contributed by atoms with van der Waals surface area (Å²) in [6.07, 6.45) is 1.86. The number of nitrogens with one attached hydrogen (secondary N) is 1. The van der Waals surface area contributed by atoms with Crippen LogP contribution in [0.4, 0.5) is 11.8 Å². The van der Waals surface area contributed by atoms with Crippen LogP contribution in [0.15, 0.2) is 11.6 Å². The van der Waals surface area contributed by atoms with Crippen molar-refractivity contribution >= 4 is 27.9 Å².